The van der Waals surface area contributed by atoms with Gasteiger partial charge in [-0.2, -0.15) is 0 Å². The van der Waals surface area contributed by atoms with E-state index in [0.717, 1.165) is 19.3 Å². The molecule has 0 nitrogen and oxygen atoms in total. The summed E-state index contributed by atoms with van der Waals surface area (Å²) in [7, 11) is 0. The molecule has 0 atom stereocenters. The van der Waals surface area contributed by atoms with E-state index in [4.69, 9.17) is 0 Å². The summed E-state index contributed by atoms with van der Waals surface area (Å²) in [4.78, 5) is 0. The summed E-state index contributed by atoms with van der Waals surface area (Å²) in [5, 5.41) is 0. The monoisotopic (exact) mass is 300 g/mol. The zero-order valence-electron chi connectivity index (χ0n) is 14.1. The smallest absolute Gasteiger partial charge is 0.00546 e. The number of fused-ring (bicyclic) bond motifs is 1. The molecule has 0 aliphatic heterocycles. The minimum atomic E-state index is 0.945. The lowest BCUT2D eigenvalue weighted by molar-refractivity contribution is 1.02. The molecular weight excluding hydrogens is 276 g/mol. The highest BCUT2D eigenvalue weighted by atomic mass is 14.2. The Labute approximate surface area is 139 Å². The predicted octanol–water partition coefficient (Wildman–Crippen LogP) is 6.29. The van der Waals surface area contributed by atoms with E-state index in [1.54, 1.807) is 0 Å². The fourth-order valence-corrected chi connectivity index (χ4v) is 3.22. The molecule has 2 aromatic carbocycles. The molecule has 1 aliphatic carbocycles. The summed E-state index contributed by atoms with van der Waals surface area (Å²) in [6.07, 6.45) is 9.82. The van der Waals surface area contributed by atoms with Crippen molar-refractivity contribution in [2.45, 2.75) is 33.1 Å². The summed E-state index contributed by atoms with van der Waals surface area (Å²) in [5.74, 6) is 0. The second-order valence-corrected chi connectivity index (χ2v) is 6.57. The zero-order valence-corrected chi connectivity index (χ0v) is 14.1. The molecule has 0 saturated heterocycles. The zero-order chi connectivity index (χ0) is 16.2. The van der Waals surface area contributed by atoms with Crippen LogP contribution in [0.15, 0.2) is 66.3 Å². The number of benzene rings is 2. The van der Waals surface area contributed by atoms with Crippen LogP contribution < -0.4 is 0 Å². The van der Waals surface area contributed by atoms with Crippen molar-refractivity contribution >= 4 is 12.2 Å². The minimum absolute atomic E-state index is 0.945. The van der Waals surface area contributed by atoms with Crippen LogP contribution in [0.1, 0.15) is 40.7 Å². The van der Waals surface area contributed by atoms with Gasteiger partial charge in [-0.3, -0.25) is 0 Å². The average Bonchev–Trinajstić information content (AvgIpc) is 2.91. The van der Waals surface area contributed by atoms with Gasteiger partial charge < -0.3 is 0 Å². The van der Waals surface area contributed by atoms with Crippen LogP contribution in [0.3, 0.4) is 0 Å². The fraction of sp³-hybridized carbons (Fsp3) is 0.217. The first-order valence-corrected chi connectivity index (χ1v) is 8.29. The molecule has 0 bridgehead atoms. The Morgan fingerprint density at radius 1 is 1.13 bits per heavy atom. The molecule has 0 amide bonds. The Bertz CT molecular complexity index is 787. The first-order valence-electron chi connectivity index (χ1n) is 8.29. The first kappa shape index (κ1) is 15.6. The number of allylic oxidation sites excluding steroid dienone is 3. The van der Waals surface area contributed by atoms with Crippen LogP contribution in [-0.2, 0) is 6.42 Å². The summed E-state index contributed by atoms with van der Waals surface area (Å²) in [6.45, 7) is 8.56. The largest absolute Gasteiger partial charge is 0.0992 e. The molecule has 1 aliphatic rings. The molecule has 23 heavy (non-hydrogen) atoms. The Kier molecular flexibility index (Phi) is 4.62. The topological polar surface area (TPSA) is 0 Å². The number of hydrogen-bond acceptors (Lipinski definition) is 0. The van der Waals surface area contributed by atoms with Crippen LogP contribution in [0.5, 0.6) is 0 Å². The molecule has 0 heterocycles. The van der Waals surface area contributed by atoms with Crippen LogP contribution >= 0.6 is 0 Å². The van der Waals surface area contributed by atoms with Gasteiger partial charge in [0, 0.05) is 0 Å². The summed E-state index contributed by atoms with van der Waals surface area (Å²) >= 11 is 0. The van der Waals surface area contributed by atoms with E-state index in [0.29, 0.717) is 0 Å². The molecule has 0 aromatic heterocycles. The molecule has 3 rings (SSSR count). The minimum Gasteiger partial charge on any atom is -0.0992 e. The van der Waals surface area contributed by atoms with Gasteiger partial charge >= 0.3 is 0 Å². The van der Waals surface area contributed by atoms with Crippen molar-refractivity contribution in [2.24, 2.45) is 0 Å². The van der Waals surface area contributed by atoms with Crippen molar-refractivity contribution < 1.29 is 0 Å². The van der Waals surface area contributed by atoms with Crippen molar-refractivity contribution in [1.29, 1.82) is 0 Å². The van der Waals surface area contributed by atoms with Crippen molar-refractivity contribution in [3.63, 3.8) is 0 Å². The SMILES string of the molecule is C=C(C/C=C/c1ccc(C)cc1C)CC1=Cc2ccccc2C1. The summed E-state index contributed by atoms with van der Waals surface area (Å²) in [6, 6.07) is 15.3. The van der Waals surface area contributed by atoms with E-state index in [1.807, 2.05) is 0 Å². The molecule has 0 unspecified atom stereocenters. The van der Waals surface area contributed by atoms with Crippen molar-refractivity contribution in [3.8, 4) is 0 Å². The third-order valence-electron chi connectivity index (χ3n) is 4.44. The lowest BCUT2D eigenvalue weighted by Gasteiger charge is -2.05. The van der Waals surface area contributed by atoms with Gasteiger partial charge in [0.2, 0.25) is 0 Å². The fourth-order valence-electron chi connectivity index (χ4n) is 3.22. The summed E-state index contributed by atoms with van der Waals surface area (Å²) < 4.78 is 0. The van der Waals surface area contributed by atoms with Crippen molar-refractivity contribution in [2.75, 3.05) is 0 Å². The second-order valence-electron chi connectivity index (χ2n) is 6.57. The highest BCUT2D eigenvalue weighted by Crippen LogP contribution is 2.29. The van der Waals surface area contributed by atoms with E-state index in [2.05, 4.69) is 81.1 Å². The van der Waals surface area contributed by atoms with Crippen LogP contribution in [0, 0.1) is 13.8 Å². The lowest BCUT2D eigenvalue weighted by Crippen LogP contribution is -1.88. The van der Waals surface area contributed by atoms with Gasteiger partial charge in [0.25, 0.3) is 0 Å². The van der Waals surface area contributed by atoms with Crippen LogP contribution in [0.25, 0.3) is 12.2 Å². The maximum atomic E-state index is 4.26. The second kappa shape index (κ2) is 6.83. The van der Waals surface area contributed by atoms with Gasteiger partial charge in [-0.05, 0) is 55.4 Å². The maximum Gasteiger partial charge on any atom is -0.00546 e. The van der Waals surface area contributed by atoms with E-state index < -0.39 is 0 Å². The molecule has 0 N–H and O–H groups in total. The quantitative estimate of drug-likeness (QED) is 0.569. The van der Waals surface area contributed by atoms with Gasteiger partial charge in [0.05, 0.1) is 0 Å². The molecule has 0 fully saturated rings. The van der Waals surface area contributed by atoms with Gasteiger partial charge in [-0.25, -0.2) is 0 Å². The van der Waals surface area contributed by atoms with E-state index in [-0.39, 0.29) is 0 Å². The average molecular weight is 300 g/mol. The maximum absolute atomic E-state index is 4.26. The van der Waals surface area contributed by atoms with E-state index >= 15 is 0 Å². The van der Waals surface area contributed by atoms with Gasteiger partial charge in [0.15, 0.2) is 0 Å². The Morgan fingerprint density at radius 3 is 2.74 bits per heavy atom. The predicted molar refractivity (Wildman–Crippen MR) is 101 cm³/mol. The highest BCUT2D eigenvalue weighted by Gasteiger charge is 2.11. The summed E-state index contributed by atoms with van der Waals surface area (Å²) in [5.41, 5.74) is 9.54. The molecule has 2 aromatic rings. The third kappa shape index (κ3) is 3.90. The van der Waals surface area contributed by atoms with Crippen LogP contribution in [0.4, 0.5) is 0 Å². The number of hydrogen-bond donors (Lipinski definition) is 0. The Balaban J connectivity index is 1.56. The molecule has 116 valence electrons. The van der Waals surface area contributed by atoms with Crippen LogP contribution in [-0.4, -0.2) is 0 Å². The van der Waals surface area contributed by atoms with Gasteiger partial charge in [-0.15, -0.1) is 0 Å². The van der Waals surface area contributed by atoms with Crippen LogP contribution in [0.2, 0.25) is 0 Å². The molecule has 0 radical (unpaired) electrons. The van der Waals surface area contributed by atoms with Gasteiger partial charge in [0.1, 0.15) is 0 Å². The molecule has 0 heteroatoms. The molecule has 0 saturated carbocycles. The third-order valence-corrected chi connectivity index (χ3v) is 4.44. The normalized spacial score (nSPS) is 13.2. The Morgan fingerprint density at radius 2 is 1.96 bits per heavy atom. The molecular formula is C23H24. The highest BCUT2D eigenvalue weighted by molar-refractivity contribution is 5.64. The lowest BCUT2D eigenvalue weighted by atomic mass is 10.0. The Hall–Kier alpha value is -2.34. The number of rotatable bonds is 5. The van der Waals surface area contributed by atoms with E-state index in [9.17, 15) is 0 Å². The molecule has 0 spiro atoms. The van der Waals surface area contributed by atoms with Crippen molar-refractivity contribution in [1.82, 2.24) is 0 Å². The standard InChI is InChI=1S/C23H24/c1-17(7-6-10-21-12-11-18(2)13-19(21)3)14-20-15-22-8-4-5-9-23(22)16-20/h4-6,8-13,15H,1,7,14,16H2,2-3H3/b10-6+. The number of aryl methyl sites for hydroxylation is 2. The van der Waals surface area contributed by atoms with Crippen molar-refractivity contribution in [3.05, 3.63) is 94.1 Å². The first-order chi connectivity index (χ1) is 11.1. The van der Waals surface area contributed by atoms with Gasteiger partial charge in [-0.1, -0.05) is 84.0 Å². The van der Waals surface area contributed by atoms with E-state index in [1.165, 1.54) is 39.0 Å².